The quantitative estimate of drug-likeness (QED) is 0.609. The molecule has 1 aromatic carbocycles. The first-order valence-electron chi connectivity index (χ1n) is 6.54. The topological polar surface area (TPSA) is 20.2 Å². The second-order valence-corrected chi connectivity index (χ2v) is 5.31. The molecule has 0 aliphatic heterocycles. The van der Waals surface area contributed by atoms with Crippen LogP contribution in [0, 0.1) is 0 Å². The third kappa shape index (κ3) is 4.33. The molecule has 0 aliphatic rings. The van der Waals surface area contributed by atoms with Crippen LogP contribution in [0.25, 0.3) is 6.08 Å². The standard InChI is InChI=1S/C14H8F12O/c1-2-6-3-7(9(11(15,16)17)12(18,19)20)5-8(4-6)10(27,13(21,22)23)14(24,25)26/h2-5,9,27H,1H2. The molecule has 0 amide bonds. The number of aliphatic hydroxyl groups is 1. The van der Waals surface area contributed by atoms with Gasteiger partial charge >= 0.3 is 24.7 Å². The Labute approximate surface area is 142 Å². The van der Waals surface area contributed by atoms with Crippen LogP contribution in [0.15, 0.2) is 24.8 Å². The van der Waals surface area contributed by atoms with Gasteiger partial charge in [0, 0.05) is 5.56 Å². The summed E-state index contributed by atoms with van der Waals surface area (Å²) in [5, 5.41) is 9.24. The molecule has 1 N–H and O–H groups in total. The normalized spacial score (nSPS) is 14.6. The summed E-state index contributed by atoms with van der Waals surface area (Å²) in [5.41, 5.74) is -10.8. The first-order chi connectivity index (χ1) is 11.8. The number of hydrogen-bond acceptors (Lipinski definition) is 1. The molecule has 0 spiro atoms. The van der Waals surface area contributed by atoms with Gasteiger partial charge in [0.05, 0.1) is 0 Å². The highest BCUT2D eigenvalue weighted by Gasteiger charge is 2.71. The maximum Gasteiger partial charge on any atom is 0.430 e. The molecular formula is C14H8F12O. The molecule has 1 aromatic rings. The highest BCUT2D eigenvalue weighted by atomic mass is 19.4. The predicted octanol–water partition coefficient (Wildman–Crippen LogP) is 5.85. The van der Waals surface area contributed by atoms with Gasteiger partial charge in [-0.05, 0) is 17.2 Å². The monoisotopic (exact) mass is 420 g/mol. The number of halogens is 12. The number of benzene rings is 1. The van der Waals surface area contributed by atoms with E-state index in [1.807, 2.05) is 0 Å². The zero-order chi connectivity index (χ0) is 21.6. The molecule has 154 valence electrons. The third-order valence-corrected chi connectivity index (χ3v) is 3.44. The van der Waals surface area contributed by atoms with Crippen molar-refractivity contribution < 1.29 is 57.8 Å². The lowest BCUT2D eigenvalue weighted by Gasteiger charge is -2.33. The highest BCUT2D eigenvalue weighted by molar-refractivity contribution is 5.52. The average molecular weight is 420 g/mol. The Balaban J connectivity index is 3.90. The van der Waals surface area contributed by atoms with Crippen molar-refractivity contribution in [3.63, 3.8) is 0 Å². The summed E-state index contributed by atoms with van der Waals surface area (Å²) in [6, 6.07) is -0.601. The Morgan fingerprint density at radius 1 is 0.741 bits per heavy atom. The van der Waals surface area contributed by atoms with Gasteiger partial charge in [0.1, 0.15) is 0 Å². The summed E-state index contributed by atoms with van der Waals surface area (Å²) in [7, 11) is 0. The molecule has 0 saturated heterocycles. The molecule has 27 heavy (non-hydrogen) atoms. The number of alkyl halides is 12. The van der Waals surface area contributed by atoms with Gasteiger partial charge in [-0.3, -0.25) is 0 Å². The molecule has 1 nitrogen and oxygen atoms in total. The van der Waals surface area contributed by atoms with E-state index in [0.717, 1.165) is 0 Å². The summed E-state index contributed by atoms with van der Waals surface area (Å²) in [5.74, 6) is -4.38. The van der Waals surface area contributed by atoms with Gasteiger partial charge in [0.15, 0.2) is 5.92 Å². The Morgan fingerprint density at radius 3 is 1.44 bits per heavy atom. The van der Waals surface area contributed by atoms with Crippen LogP contribution in [0.2, 0.25) is 0 Å². The first-order valence-corrected chi connectivity index (χ1v) is 6.54. The van der Waals surface area contributed by atoms with Crippen molar-refractivity contribution in [2.75, 3.05) is 0 Å². The molecule has 0 aromatic heterocycles. The summed E-state index contributed by atoms with van der Waals surface area (Å²) in [6.07, 6.45) is -24.7. The molecule has 0 aliphatic carbocycles. The van der Waals surface area contributed by atoms with Gasteiger partial charge in [0.2, 0.25) is 0 Å². The van der Waals surface area contributed by atoms with E-state index in [0.29, 0.717) is 6.08 Å². The van der Waals surface area contributed by atoms with E-state index in [1.165, 1.54) is 0 Å². The Morgan fingerprint density at radius 2 is 1.15 bits per heavy atom. The average Bonchev–Trinajstić information content (AvgIpc) is 2.40. The van der Waals surface area contributed by atoms with E-state index >= 15 is 0 Å². The molecular weight excluding hydrogens is 412 g/mol. The molecule has 0 unspecified atom stereocenters. The molecule has 0 saturated carbocycles. The van der Waals surface area contributed by atoms with Crippen LogP contribution in [0.3, 0.4) is 0 Å². The summed E-state index contributed by atoms with van der Waals surface area (Å²) < 4.78 is 154. The minimum atomic E-state index is -6.49. The van der Waals surface area contributed by atoms with E-state index in [1.54, 1.807) is 0 Å². The summed E-state index contributed by atoms with van der Waals surface area (Å²) in [4.78, 5) is 0. The van der Waals surface area contributed by atoms with Gasteiger partial charge < -0.3 is 5.11 Å². The molecule has 13 heteroatoms. The molecule has 0 atom stereocenters. The second-order valence-electron chi connectivity index (χ2n) is 5.31. The van der Waals surface area contributed by atoms with Crippen molar-refractivity contribution >= 4 is 6.08 Å². The van der Waals surface area contributed by atoms with Gasteiger partial charge in [0.25, 0.3) is 5.60 Å². The number of hydrogen-bond donors (Lipinski definition) is 1. The highest BCUT2D eigenvalue weighted by Crippen LogP contribution is 2.52. The summed E-state index contributed by atoms with van der Waals surface area (Å²) >= 11 is 0. The maximum atomic E-state index is 12.9. The van der Waals surface area contributed by atoms with Crippen LogP contribution in [0.5, 0.6) is 0 Å². The van der Waals surface area contributed by atoms with Crippen LogP contribution in [-0.2, 0) is 5.60 Å². The SMILES string of the molecule is C=Cc1cc(C(C(F)(F)F)C(F)(F)F)cc(C(O)(C(F)(F)F)C(F)(F)F)c1. The largest absolute Gasteiger partial charge is 0.430 e. The third-order valence-electron chi connectivity index (χ3n) is 3.44. The zero-order valence-corrected chi connectivity index (χ0v) is 12.6. The smallest absolute Gasteiger partial charge is 0.369 e. The van der Waals surface area contributed by atoms with Crippen LogP contribution >= 0.6 is 0 Å². The lowest BCUT2D eigenvalue weighted by atomic mass is 9.86. The van der Waals surface area contributed by atoms with Crippen molar-refractivity contribution in [2.24, 2.45) is 0 Å². The van der Waals surface area contributed by atoms with Crippen molar-refractivity contribution in [1.29, 1.82) is 0 Å². The fraction of sp³-hybridized carbons (Fsp3) is 0.429. The maximum absolute atomic E-state index is 12.9. The van der Waals surface area contributed by atoms with E-state index in [-0.39, 0.29) is 12.1 Å². The van der Waals surface area contributed by atoms with Crippen LogP contribution in [0.1, 0.15) is 22.6 Å². The molecule has 0 bridgehead atoms. The lowest BCUT2D eigenvalue weighted by molar-refractivity contribution is -0.376. The predicted molar refractivity (Wildman–Crippen MR) is 67.4 cm³/mol. The van der Waals surface area contributed by atoms with Gasteiger partial charge in [-0.15, -0.1) is 0 Å². The van der Waals surface area contributed by atoms with Crippen molar-refractivity contribution in [3.05, 3.63) is 41.5 Å². The van der Waals surface area contributed by atoms with Gasteiger partial charge in [-0.2, -0.15) is 52.7 Å². The minimum absolute atomic E-state index is 0.0543. The van der Waals surface area contributed by atoms with Gasteiger partial charge in [-0.1, -0.05) is 24.8 Å². The zero-order valence-electron chi connectivity index (χ0n) is 12.6. The Kier molecular flexibility index (Phi) is 5.65. The second kappa shape index (κ2) is 6.60. The molecule has 0 fully saturated rings. The van der Waals surface area contributed by atoms with Crippen molar-refractivity contribution in [2.45, 2.75) is 36.2 Å². The molecule has 1 rings (SSSR count). The van der Waals surface area contributed by atoms with E-state index in [2.05, 4.69) is 6.58 Å². The van der Waals surface area contributed by atoms with Crippen LogP contribution in [0.4, 0.5) is 52.7 Å². The minimum Gasteiger partial charge on any atom is -0.369 e. The van der Waals surface area contributed by atoms with E-state index in [9.17, 15) is 57.8 Å². The van der Waals surface area contributed by atoms with Gasteiger partial charge in [-0.25, -0.2) is 0 Å². The fourth-order valence-electron chi connectivity index (χ4n) is 2.22. The lowest BCUT2D eigenvalue weighted by Crippen LogP contribution is -2.54. The summed E-state index contributed by atoms with van der Waals surface area (Å²) in [6.45, 7) is 2.90. The van der Waals surface area contributed by atoms with Crippen LogP contribution < -0.4 is 0 Å². The van der Waals surface area contributed by atoms with Crippen molar-refractivity contribution in [3.8, 4) is 0 Å². The molecule has 0 heterocycles. The van der Waals surface area contributed by atoms with E-state index < -0.39 is 59.0 Å². The fourth-order valence-corrected chi connectivity index (χ4v) is 2.22. The van der Waals surface area contributed by atoms with Crippen molar-refractivity contribution in [1.82, 2.24) is 0 Å². The van der Waals surface area contributed by atoms with E-state index in [4.69, 9.17) is 0 Å². The van der Waals surface area contributed by atoms with Crippen LogP contribution in [-0.4, -0.2) is 29.8 Å². The first kappa shape index (κ1) is 23.1. The Bertz CT molecular complexity index is 664. The molecule has 0 radical (unpaired) electrons. The Hall–Kier alpha value is -1.92. The number of rotatable bonds is 3.